The van der Waals surface area contributed by atoms with Crippen LogP contribution in [0.1, 0.15) is 79.6 Å². The molecule has 2 N–H and O–H groups in total. The van der Waals surface area contributed by atoms with Crippen molar-refractivity contribution in [2.45, 2.75) is 82.2 Å². The van der Waals surface area contributed by atoms with Crippen LogP contribution in [0.25, 0.3) is 0 Å². The molecule has 2 aromatic heterocycles. The second kappa shape index (κ2) is 7.89. The molecule has 0 bridgehead atoms. The molecule has 2 amide bonds. The molecular weight excluding hydrogens is 386 g/mol. The highest BCUT2D eigenvalue weighted by Gasteiger charge is 2.28. The molecule has 7 nitrogen and oxygen atoms in total. The smallest absolute Gasteiger partial charge is 0.321 e. The second-order valence-electron chi connectivity index (χ2n) is 8.52. The Labute approximate surface area is 173 Å². The maximum atomic E-state index is 12.4. The monoisotopic (exact) mass is 413 g/mol. The maximum absolute atomic E-state index is 12.4. The lowest BCUT2D eigenvalue weighted by molar-refractivity contribution is 0.234. The van der Waals surface area contributed by atoms with Crippen LogP contribution in [0.5, 0.6) is 0 Å². The van der Waals surface area contributed by atoms with Crippen molar-refractivity contribution < 1.29 is 4.79 Å². The first kappa shape index (κ1) is 18.8. The Kier molecular flexibility index (Phi) is 5.11. The number of nitrogens with one attached hydrogen (secondary N) is 2. The number of aryl methyl sites for hydroxylation is 2. The molecular formula is C21H27N5O2S. The highest BCUT2D eigenvalue weighted by molar-refractivity contribution is 7.15. The number of hydrogen-bond acceptors (Lipinski definition) is 5. The number of rotatable bonds is 4. The van der Waals surface area contributed by atoms with Gasteiger partial charge in [0.1, 0.15) is 0 Å². The SMILES string of the molecule is O=C(Nc1nc2c(s1)CCCC2)NC1CCC(n2nc(C3CC3)ccc2=O)CC1. The molecule has 0 saturated heterocycles. The lowest BCUT2D eigenvalue weighted by Crippen LogP contribution is -2.41. The van der Waals surface area contributed by atoms with Crippen LogP contribution in [0.4, 0.5) is 9.93 Å². The topological polar surface area (TPSA) is 88.9 Å². The van der Waals surface area contributed by atoms with Crippen molar-refractivity contribution in [3.8, 4) is 0 Å². The van der Waals surface area contributed by atoms with Gasteiger partial charge < -0.3 is 5.32 Å². The van der Waals surface area contributed by atoms with Gasteiger partial charge in [0, 0.05) is 22.9 Å². The van der Waals surface area contributed by atoms with Crippen LogP contribution in [0, 0.1) is 0 Å². The highest BCUT2D eigenvalue weighted by Crippen LogP contribution is 2.38. The summed E-state index contributed by atoms with van der Waals surface area (Å²) in [7, 11) is 0. The minimum absolute atomic E-state index is 0.0173. The van der Waals surface area contributed by atoms with Crippen molar-refractivity contribution in [2.24, 2.45) is 0 Å². The van der Waals surface area contributed by atoms with Crippen molar-refractivity contribution >= 4 is 22.5 Å². The Hall–Kier alpha value is -2.22. The van der Waals surface area contributed by atoms with Gasteiger partial charge in [-0.3, -0.25) is 10.1 Å². The molecule has 8 heteroatoms. The predicted molar refractivity (Wildman–Crippen MR) is 113 cm³/mol. The normalized spacial score (nSPS) is 24.0. The molecule has 154 valence electrons. The molecule has 0 aliphatic heterocycles. The van der Waals surface area contributed by atoms with Gasteiger partial charge in [-0.25, -0.2) is 14.5 Å². The number of hydrogen-bond donors (Lipinski definition) is 2. The Balaban J connectivity index is 1.15. The fourth-order valence-electron chi connectivity index (χ4n) is 4.49. The average Bonchev–Trinajstić information content (AvgIpc) is 3.49. The number of thiazole rings is 1. The lowest BCUT2D eigenvalue weighted by atomic mass is 9.91. The Morgan fingerprint density at radius 2 is 1.86 bits per heavy atom. The molecule has 0 unspecified atom stereocenters. The summed E-state index contributed by atoms with van der Waals surface area (Å²) in [6, 6.07) is 3.62. The first-order valence-corrected chi connectivity index (χ1v) is 11.6. The molecule has 2 heterocycles. The van der Waals surface area contributed by atoms with E-state index in [0.29, 0.717) is 11.0 Å². The maximum Gasteiger partial charge on any atom is 0.321 e. The first-order chi connectivity index (χ1) is 14.2. The van der Waals surface area contributed by atoms with Crippen molar-refractivity contribution in [1.29, 1.82) is 0 Å². The van der Waals surface area contributed by atoms with Gasteiger partial charge in [0.05, 0.1) is 17.4 Å². The molecule has 29 heavy (non-hydrogen) atoms. The van der Waals surface area contributed by atoms with E-state index in [1.807, 2.05) is 6.07 Å². The van der Waals surface area contributed by atoms with Crippen LogP contribution >= 0.6 is 11.3 Å². The number of carbonyl (C=O) groups excluding carboxylic acids is 1. The molecule has 2 aromatic rings. The van der Waals surface area contributed by atoms with Gasteiger partial charge >= 0.3 is 6.03 Å². The zero-order chi connectivity index (χ0) is 19.8. The lowest BCUT2D eigenvalue weighted by Gasteiger charge is -2.29. The number of urea groups is 1. The Morgan fingerprint density at radius 3 is 2.62 bits per heavy atom. The van der Waals surface area contributed by atoms with Gasteiger partial charge in [-0.2, -0.15) is 5.10 Å². The zero-order valence-corrected chi connectivity index (χ0v) is 17.3. The standard InChI is InChI=1S/C21H27N5O2S/c27-19-12-11-16(13-5-6-13)25-26(19)15-9-7-14(8-10-15)22-20(28)24-21-23-17-3-1-2-4-18(17)29-21/h11-15H,1-10H2,(H2,22,23,24,28). The minimum Gasteiger partial charge on any atom is -0.335 e. The fourth-order valence-corrected chi connectivity index (χ4v) is 5.53. The predicted octanol–water partition coefficient (Wildman–Crippen LogP) is 3.76. The molecule has 0 aromatic carbocycles. The van der Waals surface area contributed by atoms with Gasteiger partial charge in [0.2, 0.25) is 0 Å². The number of carbonyl (C=O) groups is 1. The molecule has 2 fully saturated rings. The quantitative estimate of drug-likeness (QED) is 0.799. The fraction of sp³-hybridized carbons (Fsp3) is 0.619. The van der Waals surface area contributed by atoms with E-state index in [2.05, 4.69) is 20.7 Å². The zero-order valence-electron chi connectivity index (χ0n) is 16.5. The minimum atomic E-state index is -0.175. The molecule has 2 saturated carbocycles. The van der Waals surface area contributed by atoms with Crippen LogP contribution in [0.2, 0.25) is 0 Å². The summed E-state index contributed by atoms with van der Waals surface area (Å²) in [6.07, 6.45) is 10.3. The van der Waals surface area contributed by atoms with Gasteiger partial charge in [-0.1, -0.05) is 0 Å². The largest absolute Gasteiger partial charge is 0.335 e. The second-order valence-corrected chi connectivity index (χ2v) is 9.60. The number of anilines is 1. The molecule has 0 radical (unpaired) electrons. The molecule has 5 rings (SSSR count). The summed E-state index contributed by atoms with van der Waals surface area (Å²) >= 11 is 1.60. The summed E-state index contributed by atoms with van der Waals surface area (Å²) in [5.41, 5.74) is 2.19. The molecule has 0 atom stereocenters. The average molecular weight is 414 g/mol. The summed E-state index contributed by atoms with van der Waals surface area (Å²) in [5, 5.41) is 11.3. The summed E-state index contributed by atoms with van der Waals surface area (Å²) in [6.45, 7) is 0. The van der Waals surface area contributed by atoms with E-state index >= 15 is 0 Å². The van der Waals surface area contributed by atoms with Gasteiger partial charge in [0.15, 0.2) is 5.13 Å². The van der Waals surface area contributed by atoms with E-state index in [0.717, 1.165) is 49.9 Å². The number of fused-ring (bicyclic) bond motifs is 1. The van der Waals surface area contributed by atoms with Crippen LogP contribution in [0.3, 0.4) is 0 Å². The number of nitrogens with zero attached hydrogens (tertiary/aromatic N) is 3. The van der Waals surface area contributed by atoms with E-state index < -0.39 is 0 Å². The molecule has 3 aliphatic carbocycles. The number of aromatic nitrogens is 3. The summed E-state index contributed by atoms with van der Waals surface area (Å²) in [5.74, 6) is 0.542. The highest BCUT2D eigenvalue weighted by atomic mass is 32.1. The molecule has 0 spiro atoms. The third-order valence-corrected chi connectivity index (χ3v) is 7.36. The van der Waals surface area contributed by atoms with E-state index in [1.54, 1.807) is 22.1 Å². The van der Waals surface area contributed by atoms with Crippen LogP contribution < -0.4 is 16.2 Å². The van der Waals surface area contributed by atoms with E-state index in [9.17, 15) is 9.59 Å². The molecule has 3 aliphatic rings. The van der Waals surface area contributed by atoms with Gasteiger partial charge in [-0.05, 0) is 70.3 Å². The van der Waals surface area contributed by atoms with Crippen molar-refractivity contribution in [3.05, 3.63) is 38.8 Å². The van der Waals surface area contributed by atoms with Crippen LogP contribution in [-0.2, 0) is 12.8 Å². The summed E-state index contributed by atoms with van der Waals surface area (Å²) in [4.78, 5) is 30.6. The van der Waals surface area contributed by atoms with E-state index in [-0.39, 0.29) is 23.7 Å². The van der Waals surface area contributed by atoms with Crippen molar-refractivity contribution in [3.63, 3.8) is 0 Å². The van der Waals surface area contributed by atoms with Crippen LogP contribution in [0.15, 0.2) is 16.9 Å². The van der Waals surface area contributed by atoms with Gasteiger partial charge in [-0.15, -0.1) is 11.3 Å². The van der Waals surface area contributed by atoms with Crippen molar-refractivity contribution in [2.75, 3.05) is 5.32 Å². The third kappa shape index (κ3) is 4.22. The summed E-state index contributed by atoms with van der Waals surface area (Å²) < 4.78 is 1.68. The number of amides is 2. The van der Waals surface area contributed by atoms with Crippen LogP contribution in [-0.4, -0.2) is 26.8 Å². The Bertz CT molecular complexity index is 933. The van der Waals surface area contributed by atoms with E-state index in [4.69, 9.17) is 0 Å². The third-order valence-electron chi connectivity index (χ3n) is 6.29. The Morgan fingerprint density at radius 1 is 1.07 bits per heavy atom. The van der Waals surface area contributed by atoms with E-state index in [1.165, 1.54) is 30.6 Å². The van der Waals surface area contributed by atoms with Crippen molar-refractivity contribution in [1.82, 2.24) is 20.1 Å². The van der Waals surface area contributed by atoms with Gasteiger partial charge in [0.25, 0.3) is 5.56 Å². The first-order valence-electron chi connectivity index (χ1n) is 10.8.